The molecule has 1 aromatic carbocycles. The highest BCUT2D eigenvalue weighted by Crippen LogP contribution is 2.19. The Morgan fingerprint density at radius 2 is 2.06 bits per heavy atom. The van der Waals surface area contributed by atoms with Crippen LogP contribution in [0.1, 0.15) is 18.9 Å². The van der Waals surface area contributed by atoms with E-state index in [1.54, 1.807) is 19.1 Å². The summed E-state index contributed by atoms with van der Waals surface area (Å²) in [4.78, 5) is 0.0206. The molecule has 0 aliphatic rings. The van der Waals surface area contributed by atoms with Gasteiger partial charge in [0, 0.05) is 19.7 Å². The van der Waals surface area contributed by atoms with Crippen molar-refractivity contribution < 1.29 is 13.5 Å². The van der Waals surface area contributed by atoms with Crippen molar-refractivity contribution in [2.75, 3.05) is 19.7 Å². The minimum absolute atomic E-state index is 0.0206. The minimum atomic E-state index is -3.67. The summed E-state index contributed by atoms with van der Waals surface area (Å²) in [6, 6.07) is 8.00. The van der Waals surface area contributed by atoms with E-state index in [-0.39, 0.29) is 23.6 Å². The number of nitrogens with zero attached hydrogens (tertiary/aromatic N) is 2. The van der Waals surface area contributed by atoms with Gasteiger partial charge in [-0.3, -0.25) is 0 Å². The lowest BCUT2D eigenvalue weighted by Crippen LogP contribution is -2.32. The van der Waals surface area contributed by atoms with E-state index >= 15 is 0 Å². The van der Waals surface area contributed by atoms with E-state index in [4.69, 9.17) is 10.4 Å². The first-order chi connectivity index (χ1) is 8.57. The quantitative estimate of drug-likeness (QED) is 0.833. The zero-order valence-electron chi connectivity index (χ0n) is 10.2. The third-order valence-corrected chi connectivity index (χ3v) is 4.58. The second-order valence-corrected chi connectivity index (χ2v) is 5.59. The number of sulfonamides is 1. The standard InChI is InChI=1S/C12H16N2O3S/c1-2-14(8-5-9-15)18(16,17)12-7-4-3-6-11(12)10-13/h3-4,6-7,15H,2,5,8-9H2,1H3. The maximum Gasteiger partial charge on any atom is 0.244 e. The molecule has 6 heteroatoms. The zero-order chi connectivity index (χ0) is 13.6. The van der Waals surface area contributed by atoms with Gasteiger partial charge in [0.2, 0.25) is 10.0 Å². The number of nitriles is 1. The molecule has 1 rings (SSSR count). The summed E-state index contributed by atoms with van der Waals surface area (Å²) in [5, 5.41) is 17.7. The molecular weight excluding hydrogens is 252 g/mol. The first-order valence-electron chi connectivity index (χ1n) is 5.68. The normalized spacial score (nSPS) is 11.4. The minimum Gasteiger partial charge on any atom is -0.396 e. The van der Waals surface area contributed by atoms with Crippen molar-refractivity contribution in [2.24, 2.45) is 0 Å². The lowest BCUT2D eigenvalue weighted by Gasteiger charge is -2.20. The summed E-state index contributed by atoms with van der Waals surface area (Å²) in [7, 11) is -3.67. The van der Waals surface area contributed by atoms with E-state index in [0.29, 0.717) is 13.0 Å². The van der Waals surface area contributed by atoms with Crippen molar-refractivity contribution in [3.8, 4) is 6.07 Å². The van der Waals surface area contributed by atoms with Crippen LogP contribution in [0.25, 0.3) is 0 Å². The first-order valence-corrected chi connectivity index (χ1v) is 7.12. The van der Waals surface area contributed by atoms with E-state index in [2.05, 4.69) is 0 Å². The van der Waals surface area contributed by atoms with Crippen molar-refractivity contribution >= 4 is 10.0 Å². The highest BCUT2D eigenvalue weighted by Gasteiger charge is 2.25. The molecule has 0 saturated heterocycles. The first kappa shape index (κ1) is 14.6. The van der Waals surface area contributed by atoms with Gasteiger partial charge in [0.25, 0.3) is 0 Å². The average Bonchev–Trinajstić information content (AvgIpc) is 2.39. The average molecular weight is 268 g/mol. The van der Waals surface area contributed by atoms with Gasteiger partial charge in [-0.25, -0.2) is 8.42 Å². The summed E-state index contributed by atoms with van der Waals surface area (Å²) in [6.07, 6.45) is 0.377. The molecule has 0 unspecified atom stereocenters. The Morgan fingerprint density at radius 1 is 1.39 bits per heavy atom. The Hall–Kier alpha value is -1.42. The highest BCUT2D eigenvalue weighted by atomic mass is 32.2. The number of benzene rings is 1. The van der Waals surface area contributed by atoms with Crippen LogP contribution in [0.3, 0.4) is 0 Å². The van der Waals surface area contributed by atoms with Gasteiger partial charge in [0.05, 0.1) is 10.5 Å². The smallest absolute Gasteiger partial charge is 0.244 e. The van der Waals surface area contributed by atoms with Gasteiger partial charge in [-0.05, 0) is 18.6 Å². The van der Waals surface area contributed by atoms with Gasteiger partial charge >= 0.3 is 0 Å². The monoisotopic (exact) mass is 268 g/mol. The second kappa shape index (κ2) is 6.50. The second-order valence-electron chi connectivity index (χ2n) is 3.68. The molecule has 0 heterocycles. The maximum atomic E-state index is 12.3. The molecule has 0 aliphatic carbocycles. The van der Waals surface area contributed by atoms with Crippen LogP contribution >= 0.6 is 0 Å². The summed E-state index contributed by atoms with van der Waals surface area (Å²) < 4.78 is 25.9. The summed E-state index contributed by atoms with van der Waals surface area (Å²) in [6.45, 7) is 2.22. The van der Waals surface area contributed by atoms with Crippen molar-refractivity contribution in [3.63, 3.8) is 0 Å². The van der Waals surface area contributed by atoms with E-state index < -0.39 is 10.0 Å². The molecule has 0 aliphatic heterocycles. The van der Waals surface area contributed by atoms with Crippen molar-refractivity contribution in [1.82, 2.24) is 4.31 Å². The van der Waals surface area contributed by atoms with E-state index in [1.807, 2.05) is 6.07 Å². The summed E-state index contributed by atoms with van der Waals surface area (Å²) in [5.74, 6) is 0. The van der Waals surface area contributed by atoms with Crippen LogP contribution in [0.5, 0.6) is 0 Å². The van der Waals surface area contributed by atoms with E-state index in [9.17, 15) is 8.42 Å². The third-order valence-electron chi connectivity index (χ3n) is 2.54. The Bertz CT molecular complexity index is 534. The van der Waals surface area contributed by atoms with Crippen LogP contribution in [0, 0.1) is 11.3 Å². The van der Waals surface area contributed by atoms with Crippen molar-refractivity contribution in [3.05, 3.63) is 29.8 Å². The van der Waals surface area contributed by atoms with Crippen molar-refractivity contribution in [1.29, 1.82) is 5.26 Å². The van der Waals surface area contributed by atoms with Crippen LogP contribution in [0.4, 0.5) is 0 Å². The highest BCUT2D eigenvalue weighted by molar-refractivity contribution is 7.89. The van der Waals surface area contributed by atoms with Crippen LogP contribution in [0.2, 0.25) is 0 Å². The lowest BCUT2D eigenvalue weighted by atomic mass is 10.2. The molecule has 0 atom stereocenters. The largest absolute Gasteiger partial charge is 0.396 e. The number of hydrogen-bond donors (Lipinski definition) is 1. The predicted molar refractivity (Wildman–Crippen MR) is 67.3 cm³/mol. The topological polar surface area (TPSA) is 81.4 Å². The molecule has 0 aromatic heterocycles. The van der Waals surface area contributed by atoms with E-state index in [0.717, 1.165) is 0 Å². The Morgan fingerprint density at radius 3 is 2.61 bits per heavy atom. The van der Waals surface area contributed by atoms with Gasteiger partial charge in [0.1, 0.15) is 6.07 Å². The fourth-order valence-corrected chi connectivity index (χ4v) is 3.25. The summed E-state index contributed by atoms with van der Waals surface area (Å²) >= 11 is 0. The predicted octanol–water partition coefficient (Wildman–Crippen LogP) is 0.951. The molecule has 0 fully saturated rings. The van der Waals surface area contributed by atoms with Gasteiger partial charge in [-0.1, -0.05) is 19.1 Å². The Balaban J connectivity index is 3.15. The molecule has 0 amide bonds. The third kappa shape index (κ3) is 3.07. The molecule has 1 aromatic rings. The zero-order valence-corrected chi connectivity index (χ0v) is 11.0. The Labute approximate surface area is 107 Å². The van der Waals surface area contributed by atoms with Gasteiger partial charge in [-0.2, -0.15) is 9.57 Å². The van der Waals surface area contributed by atoms with Crippen LogP contribution in [-0.2, 0) is 10.0 Å². The van der Waals surface area contributed by atoms with Gasteiger partial charge in [-0.15, -0.1) is 0 Å². The molecule has 0 saturated carbocycles. The van der Waals surface area contributed by atoms with Crippen molar-refractivity contribution in [2.45, 2.75) is 18.2 Å². The van der Waals surface area contributed by atoms with E-state index in [1.165, 1.54) is 16.4 Å². The SMILES string of the molecule is CCN(CCCO)S(=O)(=O)c1ccccc1C#N. The molecule has 5 nitrogen and oxygen atoms in total. The molecule has 18 heavy (non-hydrogen) atoms. The maximum absolute atomic E-state index is 12.3. The van der Waals surface area contributed by atoms with Gasteiger partial charge < -0.3 is 5.11 Å². The number of aliphatic hydroxyl groups excluding tert-OH is 1. The Kier molecular flexibility index (Phi) is 5.28. The molecule has 0 spiro atoms. The molecular formula is C12H16N2O3S. The molecule has 0 bridgehead atoms. The molecule has 1 N–H and O–H groups in total. The lowest BCUT2D eigenvalue weighted by molar-refractivity contribution is 0.271. The fraction of sp³-hybridized carbons (Fsp3) is 0.417. The number of rotatable bonds is 6. The van der Waals surface area contributed by atoms with Gasteiger partial charge in [0.15, 0.2) is 0 Å². The molecule has 0 radical (unpaired) electrons. The van der Waals surface area contributed by atoms with Crippen LogP contribution < -0.4 is 0 Å². The van der Waals surface area contributed by atoms with Crippen LogP contribution in [0.15, 0.2) is 29.2 Å². The number of aliphatic hydroxyl groups is 1. The van der Waals surface area contributed by atoms with Crippen LogP contribution in [-0.4, -0.2) is 37.5 Å². The molecule has 98 valence electrons. The number of hydrogen-bond acceptors (Lipinski definition) is 4. The summed E-state index contributed by atoms with van der Waals surface area (Å²) in [5.41, 5.74) is 0.139. The fourth-order valence-electron chi connectivity index (χ4n) is 1.62.